The van der Waals surface area contributed by atoms with Crippen LogP contribution in [0.2, 0.25) is 0 Å². The number of benzene rings is 2. The summed E-state index contributed by atoms with van der Waals surface area (Å²) in [5.41, 5.74) is 0.688. The van der Waals surface area contributed by atoms with Gasteiger partial charge in [0.05, 0.1) is 5.52 Å². The molecule has 0 radical (unpaired) electrons. The molecule has 4 nitrogen and oxygen atoms in total. The second-order valence-electron chi connectivity index (χ2n) is 4.89. The van der Waals surface area contributed by atoms with Crippen LogP contribution in [0.1, 0.15) is 5.56 Å². The van der Waals surface area contributed by atoms with Crippen LogP contribution < -0.4 is 4.72 Å². The largest absolute Gasteiger partial charge is 0.255 e. The lowest BCUT2D eigenvalue weighted by Crippen LogP contribution is -2.24. The van der Waals surface area contributed by atoms with Gasteiger partial charge in [0, 0.05) is 27.3 Å². The van der Waals surface area contributed by atoms with Crippen molar-refractivity contribution in [2.24, 2.45) is 0 Å². The molecule has 0 unspecified atom stereocenters. The Morgan fingerprint density at radius 2 is 1.91 bits per heavy atom. The van der Waals surface area contributed by atoms with Crippen LogP contribution in [0.4, 0.5) is 4.39 Å². The fourth-order valence-electron chi connectivity index (χ4n) is 2.21. The number of hydrogen-bond acceptors (Lipinski definition) is 3. The van der Waals surface area contributed by atoms with Gasteiger partial charge in [-0.3, -0.25) is 4.98 Å². The molecule has 0 saturated carbocycles. The lowest BCUT2D eigenvalue weighted by atomic mass is 10.2. The van der Waals surface area contributed by atoms with Gasteiger partial charge in [-0.15, -0.1) is 0 Å². The van der Waals surface area contributed by atoms with E-state index >= 15 is 0 Å². The van der Waals surface area contributed by atoms with Crippen molar-refractivity contribution in [1.82, 2.24) is 9.71 Å². The monoisotopic (exact) mass is 442 g/mol. The topological polar surface area (TPSA) is 59.1 Å². The van der Waals surface area contributed by atoms with Crippen molar-refractivity contribution in [3.63, 3.8) is 0 Å². The average molecular weight is 442 g/mol. The highest BCUT2D eigenvalue weighted by Gasteiger charge is 2.18. The Balaban J connectivity index is 1.92. The van der Waals surface area contributed by atoms with E-state index in [1.807, 2.05) is 22.6 Å². The van der Waals surface area contributed by atoms with Crippen LogP contribution in [0.5, 0.6) is 0 Å². The van der Waals surface area contributed by atoms with E-state index in [2.05, 4.69) is 9.71 Å². The Kier molecular flexibility index (Phi) is 4.60. The Bertz CT molecular complexity index is 971. The van der Waals surface area contributed by atoms with Gasteiger partial charge in [-0.05, 0) is 46.9 Å². The summed E-state index contributed by atoms with van der Waals surface area (Å²) in [5.74, 6) is -0.435. The molecule has 3 aromatic rings. The Hall–Kier alpha value is -1.58. The maximum absolute atomic E-state index is 13.8. The second kappa shape index (κ2) is 6.50. The minimum absolute atomic E-state index is 0.0847. The zero-order valence-corrected chi connectivity index (χ0v) is 14.8. The molecule has 3 rings (SSSR count). The lowest BCUT2D eigenvalue weighted by molar-refractivity contribution is 0.575. The summed E-state index contributed by atoms with van der Waals surface area (Å²) in [6.45, 7) is -0.117. The summed E-state index contributed by atoms with van der Waals surface area (Å²) in [7, 11) is -3.79. The first-order valence-electron chi connectivity index (χ1n) is 6.75. The van der Waals surface area contributed by atoms with Gasteiger partial charge in [-0.2, -0.15) is 0 Å². The first kappa shape index (κ1) is 16.3. The Labute approximate surface area is 146 Å². The van der Waals surface area contributed by atoms with E-state index in [0.717, 1.165) is 8.96 Å². The number of fused-ring (bicyclic) bond motifs is 1. The van der Waals surface area contributed by atoms with Crippen LogP contribution >= 0.6 is 22.6 Å². The van der Waals surface area contributed by atoms with Crippen molar-refractivity contribution in [2.75, 3.05) is 0 Å². The predicted molar refractivity (Wildman–Crippen MR) is 94.9 cm³/mol. The highest BCUT2D eigenvalue weighted by Crippen LogP contribution is 2.21. The molecule has 118 valence electrons. The van der Waals surface area contributed by atoms with E-state index in [-0.39, 0.29) is 11.4 Å². The summed E-state index contributed by atoms with van der Waals surface area (Å²) < 4.78 is 42.1. The van der Waals surface area contributed by atoms with Crippen molar-refractivity contribution in [3.8, 4) is 0 Å². The Morgan fingerprint density at radius 1 is 1.13 bits per heavy atom. The number of halogens is 2. The molecule has 7 heteroatoms. The zero-order valence-electron chi connectivity index (χ0n) is 11.8. The van der Waals surface area contributed by atoms with Crippen molar-refractivity contribution < 1.29 is 12.8 Å². The van der Waals surface area contributed by atoms with Gasteiger partial charge >= 0.3 is 0 Å². The normalized spacial score (nSPS) is 11.7. The standard InChI is InChI=1S/C16H12FIN2O2S/c17-14-9-13(18)7-6-12(14)10-20-23(21,22)15-5-1-3-11-4-2-8-19-16(11)15/h1-9,20H,10H2. The lowest BCUT2D eigenvalue weighted by Gasteiger charge is -2.09. The van der Waals surface area contributed by atoms with E-state index in [1.165, 1.54) is 12.1 Å². The molecule has 2 aromatic carbocycles. The number of nitrogens with one attached hydrogen (secondary N) is 1. The minimum atomic E-state index is -3.79. The third-order valence-corrected chi connectivity index (χ3v) is 5.46. The molecule has 0 fully saturated rings. The van der Waals surface area contributed by atoms with Gasteiger partial charge in [0.25, 0.3) is 0 Å². The van der Waals surface area contributed by atoms with Crippen LogP contribution in [-0.2, 0) is 16.6 Å². The molecule has 0 bridgehead atoms. The number of nitrogens with zero attached hydrogens (tertiary/aromatic N) is 1. The Morgan fingerprint density at radius 3 is 2.70 bits per heavy atom. The van der Waals surface area contributed by atoms with Crippen molar-refractivity contribution in [1.29, 1.82) is 0 Å². The number of sulfonamides is 1. The van der Waals surface area contributed by atoms with Gasteiger partial charge < -0.3 is 0 Å². The van der Waals surface area contributed by atoms with Gasteiger partial charge in [0.15, 0.2) is 0 Å². The molecule has 1 aromatic heterocycles. The van der Waals surface area contributed by atoms with Crippen molar-refractivity contribution in [3.05, 3.63) is 69.7 Å². The smallest absolute Gasteiger partial charge is 0.243 e. The molecule has 1 heterocycles. The fourth-order valence-corrected chi connectivity index (χ4v) is 3.85. The summed E-state index contributed by atoms with van der Waals surface area (Å²) >= 11 is 2.00. The third-order valence-electron chi connectivity index (χ3n) is 3.35. The van der Waals surface area contributed by atoms with Crippen LogP contribution in [0.15, 0.2) is 59.6 Å². The highest BCUT2D eigenvalue weighted by molar-refractivity contribution is 14.1. The number of hydrogen-bond donors (Lipinski definition) is 1. The molecule has 23 heavy (non-hydrogen) atoms. The van der Waals surface area contributed by atoms with Gasteiger partial charge in [-0.25, -0.2) is 17.5 Å². The van der Waals surface area contributed by atoms with Crippen LogP contribution in [-0.4, -0.2) is 13.4 Å². The number of aromatic nitrogens is 1. The first-order chi connectivity index (χ1) is 11.0. The molecule has 0 amide bonds. The van der Waals surface area contributed by atoms with Crippen LogP contribution in [0.3, 0.4) is 0 Å². The molecule has 0 saturated heterocycles. The molecule has 0 aliphatic rings. The minimum Gasteiger partial charge on any atom is -0.255 e. The van der Waals surface area contributed by atoms with Gasteiger partial charge in [-0.1, -0.05) is 24.3 Å². The maximum atomic E-state index is 13.8. The molecular formula is C16H12FIN2O2S. The first-order valence-corrected chi connectivity index (χ1v) is 9.31. The van der Waals surface area contributed by atoms with E-state index in [1.54, 1.807) is 42.6 Å². The summed E-state index contributed by atoms with van der Waals surface area (Å²) in [6.07, 6.45) is 1.54. The highest BCUT2D eigenvalue weighted by atomic mass is 127. The molecular weight excluding hydrogens is 430 g/mol. The van der Waals surface area contributed by atoms with E-state index in [4.69, 9.17) is 0 Å². The fraction of sp³-hybridized carbons (Fsp3) is 0.0625. The van der Waals surface area contributed by atoms with Crippen LogP contribution in [0.25, 0.3) is 10.9 Å². The van der Waals surface area contributed by atoms with Crippen molar-refractivity contribution in [2.45, 2.75) is 11.4 Å². The molecule has 0 atom stereocenters. The number of para-hydroxylation sites is 1. The number of rotatable bonds is 4. The molecule has 1 N–H and O–H groups in total. The quantitative estimate of drug-likeness (QED) is 0.630. The van der Waals surface area contributed by atoms with Crippen LogP contribution in [0, 0.1) is 9.39 Å². The molecule has 0 aliphatic carbocycles. The maximum Gasteiger partial charge on any atom is 0.243 e. The summed E-state index contributed by atoms with van der Waals surface area (Å²) in [4.78, 5) is 4.22. The molecule has 0 aliphatic heterocycles. The summed E-state index contributed by atoms with van der Waals surface area (Å²) in [6, 6.07) is 13.1. The average Bonchev–Trinajstić information content (AvgIpc) is 2.53. The zero-order chi connectivity index (χ0) is 16.4. The second-order valence-corrected chi connectivity index (χ2v) is 7.87. The van der Waals surface area contributed by atoms with E-state index in [0.29, 0.717) is 11.1 Å². The van der Waals surface area contributed by atoms with Crippen molar-refractivity contribution >= 4 is 43.5 Å². The number of pyridine rings is 1. The third kappa shape index (κ3) is 3.51. The van der Waals surface area contributed by atoms with E-state index < -0.39 is 15.8 Å². The van der Waals surface area contributed by atoms with Gasteiger partial charge in [0.1, 0.15) is 10.7 Å². The van der Waals surface area contributed by atoms with Gasteiger partial charge in [0.2, 0.25) is 10.0 Å². The predicted octanol–water partition coefficient (Wildman–Crippen LogP) is 3.46. The SMILES string of the molecule is O=S(=O)(NCc1ccc(I)cc1F)c1cccc2cccnc12. The van der Waals surface area contributed by atoms with E-state index in [9.17, 15) is 12.8 Å². The molecule has 0 spiro atoms. The summed E-state index contributed by atoms with van der Waals surface area (Å²) in [5, 5.41) is 0.732.